The first kappa shape index (κ1) is 11.7. The van der Waals surface area contributed by atoms with Gasteiger partial charge in [0.15, 0.2) is 0 Å². The molecule has 0 bridgehead atoms. The number of ether oxygens (including phenoxy) is 1. The van der Waals surface area contributed by atoms with Gasteiger partial charge in [-0.2, -0.15) is 0 Å². The van der Waals surface area contributed by atoms with Crippen LogP contribution in [0, 0.1) is 0 Å². The van der Waals surface area contributed by atoms with E-state index in [1.165, 1.54) is 5.39 Å². The second-order valence-corrected chi connectivity index (χ2v) is 4.62. The van der Waals surface area contributed by atoms with Gasteiger partial charge in [0.1, 0.15) is 5.76 Å². The molecule has 2 aromatic rings. The van der Waals surface area contributed by atoms with Gasteiger partial charge in [0.25, 0.3) is 0 Å². The van der Waals surface area contributed by atoms with Gasteiger partial charge in [-0.1, -0.05) is 42.5 Å². The summed E-state index contributed by atoms with van der Waals surface area (Å²) in [6.45, 7) is 3.58. The molecule has 3 rings (SSSR count). The summed E-state index contributed by atoms with van der Waals surface area (Å²) in [5, 5.41) is 2.32. The minimum Gasteiger partial charge on any atom is -0.422 e. The molecule has 0 aliphatic heterocycles. The van der Waals surface area contributed by atoms with Gasteiger partial charge in [-0.15, -0.1) is 0 Å². The maximum absolute atomic E-state index is 11.9. The molecule has 0 radical (unpaired) electrons. The van der Waals surface area contributed by atoms with Crippen LogP contribution < -0.4 is 0 Å². The summed E-state index contributed by atoms with van der Waals surface area (Å²) in [5.74, 6) is 0.344. The number of allylic oxidation sites excluding steroid dienone is 1. The Balaban J connectivity index is 2.05. The van der Waals surface area contributed by atoms with Gasteiger partial charge in [-0.05, 0) is 36.3 Å². The summed E-state index contributed by atoms with van der Waals surface area (Å²) in [6, 6.07) is 12.2. The third kappa shape index (κ3) is 1.85. The molecule has 2 nitrogen and oxygen atoms in total. The van der Waals surface area contributed by atoms with Crippen LogP contribution in [-0.2, 0) is 9.53 Å². The maximum atomic E-state index is 11.9. The zero-order valence-electron chi connectivity index (χ0n) is 10.9. The molecule has 0 fully saturated rings. The second kappa shape index (κ2) is 4.39. The Kier molecular flexibility index (Phi) is 2.71. The van der Waals surface area contributed by atoms with Gasteiger partial charge < -0.3 is 4.74 Å². The van der Waals surface area contributed by atoms with Gasteiger partial charge in [0.2, 0.25) is 0 Å². The van der Waals surface area contributed by atoms with Gasteiger partial charge in [-0.25, -0.2) is 4.79 Å². The van der Waals surface area contributed by atoms with Gasteiger partial charge in [-0.3, -0.25) is 0 Å². The molecule has 0 aromatic heterocycles. The Bertz CT molecular complexity index is 731. The molecule has 0 saturated heterocycles. The Morgan fingerprint density at radius 1 is 1.16 bits per heavy atom. The third-order valence-corrected chi connectivity index (χ3v) is 3.45. The van der Waals surface area contributed by atoms with Gasteiger partial charge in [0, 0.05) is 11.1 Å². The number of rotatable bonds is 2. The highest BCUT2D eigenvalue weighted by molar-refractivity contribution is 6.09. The molecule has 19 heavy (non-hydrogen) atoms. The van der Waals surface area contributed by atoms with Crippen LogP contribution in [0.2, 0.25) is 0 Å². The van der Waals surface area contributed by atoms with Crippen molar-refractivity contribution in [3.8, 4) is 0 Å². The van der Waals surface area contributed by atoms with E-state index in [2.05, 4.69) is 12.1 Å². The van der Waals surface area contributed by atoms with E-state index in [0.29, 0.717) is 11.3 Å². The van der Waals surface area contributed by atoms with Gasteiger partial charge >= 0.3 is 5.97 Å². The van der Waals surface area contributed by atoms with Crippen LogP contribution in [0.5, 0.6) is 0 Å². The first-order valence-electron chi connectivity index (χ1n) is 6.29. The molecule has 0 saturated carbocycles. The lowest BCUT2D eigenvalue weighted by Gasteiger charge is -2.07. The van der Waals surface area contributed by atoms with E-state index in [9.17, 15) is 4.79 Å². The number of esters is 1. The van der Waals surface area contributed by atoms with Crippen molar-refractivity contribution < 1.29 is 9.53 Å². The zero-order valence-corrected chi connectivity index (χ0v) is 10.9. The standard InChI is InChI=1S/C17H14O2/c1-3-11(2)17(18)19-15-10-13-8-4-6-12-7-5-9-14(15)16(12)13/h3-10H,1-2H3. The summed E-state index contributed by atoms with van der Waals surface area (Å²) in [6.07, 6.45) is 3.68. The van der Waals surface area contributed by atoms with E-state index >= 15 is 0 Å². The normalized spacial score (nSPS) is 13.6. The highest BCUT2D eigenvalue weighted by Gasteiger charge is 2.19. The van der Waals surface area contributed by atoms with E-state index in [0.717, 1.165) is 16.5 Å². The molecule has 0 heterocycles. The number of hydrogen-bond acceptors (Lipinski definition) is 2. The predicted octanol–water partition coefficient (Wildman–Crippen LogP) is 4.16. The van der Waals surface area contributed by atoms with E-state index in [4.69, 9.17) is 4.74 Å². The van der Waals surface area contributed by atoms with Crippen LogP contribution in [-0.4, -0.2) is 5.97 Å². The monoisotopic (exact) mass is 250 g/mol. The molecular weight excluding hydrogens is 236 g/mol. The number of carbonyl (C=O) groups is 1. The molecule has 2 aromatic carbocycles. The average molecular weight is 250 g/mol. The largest absolute Gasteiger partial charge is 0.422 e. The maximum Gasteiger partial charge on any atom is 0.338 e. The molecule has 0 atom stereocenters. The Morgan fingerprint density at radius 3 is 2.63 bits per heavy atom. The topological polar surface area (TPSA) is 26.3 Å². The Hall–Kier alpha value is -2.35. The first-order valence-corrected chi connectivity index (χ1v) is 6.29. The molecule has 1 aliphatic carbocycles. The van der Waals surface area contributed by atoms with Crippen LogP contribution in [0.15, 0.2) is 48.0 Å². The number of hydrogen-bond donors (Lipinski definition) is 0. The quantitative estimate of drug-likeness (QED) is 0.591. The lowest BCUT2D eigenvalue weighted by molar-refractivity contribution is -0.132. The summed E-state index contributed by atoms with van der Waals surface area (Å²) >= 11 is 0. The molecule has 94 valence electrons. The smallest absolute Gasteiger partial charge is 0.338 e. The van der Waals surface area contributed by atoms with E-state index in [1.807, 2.05) is 37.3 Å². The predicted molar refractivity (Wildman–Crippen MR) is 77.3 cm³/mol. The molecule has 0 unspecified atom stereocenters. The van der Waals surface area contributed by atoms with Crippen molar-refractivity contribution in [1.29, 1.82) is 0 Å². The minimum atomic E-state index is -0.293. The summed E-state index contributed by atoms with van der Waals surface area (Å²) in [7, 11) is 0. The molecular formula is C17H14O2. The fraction of sp³-hybridized carbons (Fsp3) is 0.118. The van der Waals surface area contributed by atoms with E-state index in [-0.39, 0.29) is 5.97 Å². The van der Waals surface area contributed by atoms with E-state index < -0.39 is 0 Å². The number of carbonyl (C=O) groups excluding carboxylic acids is 1. The first-order chi connectivity index (χ1) is 9.20. The van der Waals surface area contributed by atoms with Crippen LogP contribution >= 0.6 is 0 Å². The van der Waals surface area contributed by atoms with Crippen LogP contribution in [0.25, 0.3) is 22.6 Å². The SMILES string of the molecule is CC=C(C)C(=O)OC1=Cc2cccc3cccc1c23. The van der Waals surface area contributed by atoms with Crippen molar-refractivity contribution in [3.63, 3.8) is 0 Å². The lowest BCUT2D eigenvalue weighted by Crippen LogP contribution is -2.04. The van der Waals surface area contributed by atoms with Crippen LogP contribution in [0.4, 0.5) is 0 Å². The minimum absolute atomic E-state index is 0.293. The highest BCUT2D eigenvalue weighted by Crippen LogP contribution is 2.37. The summed E-state index contributed by atoms with van der Waals surface area (Å²) in [5.41, 5.74) is 2.71. The lowest BCUT2D eigenvalue weighted by atomic mass is 10.0. The Labute approximate surface area is 112 Å². The molecule has 0 spiro atoms. The zero-order chi connectivity index (χ0) is 13.4. The highest BCUT2D eigenvalue weighted by atomic mass is 16.5. The second-order valence-electron chi connectivity index (χ2n) is 4.62. The molecule has 2 heteroatoms. The van der Waals surface area contributed by atoms with Crippen molar-refractivity contribution >= 4 is 28.6 Å². The molecule has 0 N–H and O–H groups in total. The molecule has 1 aliphatic rings. The number of benzene rings is 2. The summed E-state index contributed by atoms with van der Waals surface area (Å²) < 4.78 is 5.49. The Morgan fingerprint density at radius 2 is 1.89 bits per heavy atom. The molecule has 0 amide bonds. The fourth-order valence-electron chi connectivity index (χ4n) is 2.30. The average Bonchev–Trinajstić information content (AvgIpc) is 2.79. The van der Waals surface area contributed by atoms with Crippen molar-refractivity contribution in [2.75, 3.05) is 0 Å². The van der Waals surface area contributed by atoms with Crippen molar-refractivity contribution in [2.24, 2.45) is 0 Å². The van der Waals surface area contributed by atoms with Crippen LogP contribution in [0.3, 0.4) is 0 Å². The van der Waals surface area contributed by atoms with Crippen molar-refractivity contribution in [1.82, 2.24) is 0 Å². The van der Waals surface area contributed by atoms with Crippen molar-refractivity contribution in [2.45, 2.75) is 13.8 Å². The van der Waals surface area contributed by atoms with E-state index in [1.54, 1.807) is 13.0 Å². The van der Waals surface area contributed by atoms with Crippen LogP contribution in [0.1, 0.15) is 25.0 Å². The summed E-state index contributed by atoms with van der Waals surface area (Å²) in [4.78, 5) is 11.9. The van der Waals surface area contributed by atoms with Gasteiger partial charge in [0.05, 0.1) is 0 Å². The fourth-order valence-corrected chi connectivity index (χ4v) is 2.30. The van der Waals surface area contributed by atoms with Crippen molar-refractivity contribution in [3.05, 3.63) is 59.2 Å². The third-order valence-electron chi connectivity index (χ3n) is 3.45.